The summed E-state index contributed by atoms with van der Waals surface area (Å²) in [6, 6.07) is 7.82. The molecule has 0 atom stereocenters. The predicted octanol–water partition coefficient (Wildman–Crippen LogP) is 2.80. The molecule has 7 heteroatoms. The minimum Gasteiger partial charge on any atom is -0.497 e. The maximum absolute atomic E-state index is 11.9. The summed E-state index contributed by atoms with van der Waals surface area (Å²) < 4.78 is 10.3. The van der Waals surface area contributed by atoms with Crippen LogP contribution in [0.1, 0.15) is 49.4 Å². The number of benzene rings is 1. The van der Waals surface area contributed by atoms with Gasteiger partial charge in [-0.3, -0.25) is 0 Å². The molecule has 1 heterocycles. The van der Waals surface area contributed by atoms with E-state index in [1.807, 2.05) is 24.3 Å². The van der Waals surface area contributed by atoms with Crippen molar-refractivity contribution in [1.82, 2.24) is 20.8 Å². The molecule has 1 aliphatic carbocycles. The third-order valence-electron chi connectivity index (χ3n) is 4.37. The molecule has 2 N–H and O–H groups in total. The molecular formula is C18H24N4O3. The van der Waals surface area contributed by atoms with Crippen LogP contribution in [0.5, 0.6) is 5.75 Å². The van der Waals surface area contributed by atoms with Crippen molar-refractivity contribution < 1.29 is 14.1 Å². The van der Waals surface area contributed by atoms with E-state index < -0.39 is 0 Å². The van der Waals surface area contributed by atoms with Crippen molar-refractivity contribution in [3.8, 4) is 5.75 Å². The van der Waals surface area contributed by atoms with Gasteiger partial charge in [0.05, 0.1) is 13.7 Å². The largest absolute Gasteiger partial charge is 0.497 e. The van der Waals surface area contributed by atoms with Crippen LogP contribution in [0.4, 0.5) is 4.79 Å². The number of methoxy groups -OCH3 is 1. The molecule has 1 aliphatic rings. The number of aromatic nitrogens is 2. The Bertz CT molecular complexity index is 678. The van der Waals surface area contributed by atoms with Crippen LogP contribution in [0.25, 0.3) is 0 Å². The summed E-state index contributed by atoms with van der Waals surface area (Å²) >= 11 is 0. The SMILES string of the molecule is COc1ccc(Cc2noc(CNC(=O)NC3CCCCC3)n2)cc1. The Morgan fingerprint density at radius 1 is 1.24 bits per heavy atom. The van der Waals surface area contributed by atoms with Crippen molar-refractivity contribution in [2.75, 3.05) is 7.11 Å². The van der Waals surface area contributed by atoms with Crippen LogP contribution in [-0.4, -0.2) is 29.3 Å². The smallest absolute Gasteiger partial charge is 0.315 e. The number of nitrogens with one attached hydrogen (secondary N) is 2. The second-order valence-corrected chi connectivity index (χ2v) is 6.29. The van der Waals surface area contributed by atoms with Gasteiger partial charge < -0.3 is 19.9 Å². The van der Waals surface area contributed by atoms with Gasteiger partial charge in [0, 0.05) is 12.5 Å². The lowest BCUT2D eigenvalue weighted by Gasteiger charge is -2.22. The zero-order valence-corrected chi connectivity index (χ0v) is 14.5. The number of hydrogen-bond acceptors (Lipinski definition) is 5. The number of carbonyl (C=O) groups excluding carboxylic acids is 1. The normalized spacial score (nSPS) is 14.9. The highest BCUT2D eigenvalue weighted by molar-refractivity contribution is 5.74. The Kier molecular flexibility index (Phi) is 5.87. The number of urea groups is 1. The number of amides is 2. The van der Waals surface area contributed by atoms with Gasteiger partial charge in [0.1, 0.15) is 5.75 Å². The molecule has 3 rings (SSSR count). The van der Waals surface area contributed by atoms with Crippen LogP contribution < -0.4 is 15.4 Å². The topological polar surface area (TPSA) is 89.3 Å². The molecule has 2 amide bonds. The summed E-state index contributed by atoms with van der Waals surface area (Å²) in [6.07, 6.45) is 6.31. The Balaban J connectivity index is 1.45. The Morgan fingerprint density at radius 2 is 2.00 bits per heavy atom. The number of rotatable bonds is 6. The lowest BCUT2D eigenvalue weighted by atomic mass is 9.96. The highest BCUT2D eigenvalue weighted by Crippen LogP contribution is 2.17. The van der Waals surface area contributed by atoms with E-state index in [2.05, 4.69) is 20.8 Å². The fourth-order valence-electron chi connectivity index (χ4n) is 3.00. The van der Waals surface area contributed by atoms with Crippen molar-refractivity contribution in [3.05, 3.63) is 41.5 Å². The summed E-state index contributed by atoms with van der Waals surface area (Å²) in [4.78, 5) is 16.2. The molecule has 0 radical (unpaired) electrons. The number of ether oxygens (including phenoxy) is 1. The van der Waals surface area contributed by atoms with Gasteiger partial charge in [0.2, 0.25) is 5.89 Å². The molecule has 1 saturated carbocycles. The zero-order chi connectivity index (χ0) is 17.5. The molecule has 7 nitrogen and oxygen atoms in total. The highest BCUT2D eigenvalue weighted by atomic mass is 16.5. The molecule has 0 spiro atoms. The van der Waals surface area contributed by atoms with Gasteiger partial charge in [-0.1, -0.05) is 36.6 Å². The molecule has 0 bridgehead atoms. The minimum absolute atomic E-state index is 0.179. The van der Waals surface area contributed by atoms with Gasteiger partial charge in [0.15, 0.2) is 5.82 Å². The van der Waals surface area contributed by atoms with Crippen LogP contribution in [0.3, 0.4) is 0 Å². The van der Waals surface area contributed by atoms with Gasteiger partial charge >= 0.3 is 6.03 Å². The maximum atomic E-state index is 11.9. The van der Waals surface area contributed by atoms with Crippen LogP contribution in [0, 0.1) is 0 Å². The first kappa shape index (κ1) is 17.3. The van der Waals surface area contributed by atoms with Crippen LogP contribution in [-0.2, 0) is 13.0 Å². The number of carbonyl (C=O) groups is 1. The van der Waals surface area contributed by atoms with E-state index >= 15 is 0 Å². The molecule has 0 unspecified atom stereocenters. The lowest BCUT2D eigenvalue weighted by Crippen LogP contribution is -2.42. The fourth-order valence-corrected chi connectivity index (χ4v) is 3.00. The Morgan fingerprint density at radius 3 is 2.72 bits per heavy atom. The second-order valence-electron chi connectivity index (χ2n) is 6.29. The average Bonchev–Trinajstić information content (AvgIpc) is 3.09. The van der Waals surface area contributed by atoms with Crippen LogP contribution in [0.15, 0.2) is 28.8 Å². The van der Waals surface area contributed by atoms with Gasteiger partial charge in [-0.25, -0.2) is 4.79 Å². The number of nitrogens with zero attached hydrogens (tertiary/aromatic N) is 2. The molecule has 134 valence electrons. The van der Waals surface area contributed by atoms with E-state index in [0.717, 1.165) is 24.2 Å². The molecule has 2 aromatic rings. The molecule has 0 aliphatic heterocycles. The van der Waals surface area contributed by atoms with Crippen molar-refractivity contribution in [3.63, 3.8) is 0 Å². The Labute approximate surface area is 147 Å². The highest BCUT2D eigenvalue weighted by Gasteiger charge is 2.16. The summed E-state index contributed by atoms with van der Waals surface area (Å²) in [5, 5.41) is 9.73. The molecule has 1 aromatic carbocycles. The summed E-state index contributed by atoms with van der Waals surface area (Å²) in [5.74, 6) is 1.81. The third-order valence-corrected chi connectivity index (χ3v) is 4.37. The Hall–Kier alpha value is -2.57. The predicted molar refractivity (Wildman–Crippen MR) is 92.3 cm³/mol. The first-order valence-corrected chi connectivity index (χ1v) is 8.71. The minimum atomic E-state index is -0.179. The zero-order valence-electron chi connectivity index (χ0n) is 14.5. The summed E-state index contributed by atoms with van der Waals surface area (Å²) in [7, 11) is 1.64. The molecule has 25 heavy (non-hydrogen) atoms. The summed E-state index contributed by atoms with van der Waals surface area (Å²) in [5.41, 5.74) is 1.07. The van der Waals surface area contributed by atoms with Crippen molar-refractivity contribution in [2.45, 2.75) is 51.1 Å². The van der Waals surface area contributed by atoms with Crippen molar-refractivity contribution in [2.24, 2.45) is 0 Å². The van der Waals surface area contributed by atoms with Gasteiger partial charge in [-0.05, 0) is 30.5 Å². The van der Waals surface area contributed by atoms with Gasteiger partial charge in [-0.15, -0.1) is 0 Å². The summed E-state index contributed by atoms with van der Waals surface area (Å²) in [6.45, 7) is 0.230. The first-order valence-electron chi connectivity index (χ1n) is 8.71. The molecule has 0 saturated heterocycles. The van der Waals surface area contributed by atoms with E-state index in [0.29, 0.717) is 18.1 Å². The third kappa shape index (κ3) is 5.20. The van der Waals surface area contributed by atoms with Gasteiger partial charge in [0.25, 0.3) is 0 Å². The quantitative estimate of drug-likeness (QED) is 0.841. The standard InChI is InChI=1S/C18H24N4O3/c1-24-15-9-7-13(8-10-15)11-16-21-17(25-22-16)12-19-18(23)20-14-5-3-2-4-6-14/h7-10,14H,2-6,11-12H2,1H3,(H2,19,20,23). The first-order chi connectivity index (χ1) is 12.2. The van der Waals surface area contributed by atoms with Crippen molar-refractivity contribution in [1.29, 1.82) is 0 Å². The molecule has 1 aromatic heterocycles. The molecule has 1 fully saturated rings. The maximum Gasteiger partial charge on any atom is 0.315 e. The van der Waals surface area contributed by atoms with E-state index in [-0.39, 0.29) is 18.6 Å². The number of hydrogen-bond donors (Lipinski definition) is 2. The van der Waals surface area contributed by atoms with E-state index in [1.165, 1.54) is 19.3 Å². The lowest BCUT2D eigenvalue weighted by molar-refractivity contribution is 0.230. The average molecular weight is 344 g/mol. The second kappa shape index (κ2) is 8.50. The van der Waals surface area contributed by atoms with Crippen LogP contribution >= 0.6 is 0 Å². The fraction of sp³-hybridized carbons (Fsp3) is 0.500. The van der Waals surface area contributed by atoms with E-state index in [9.17, 15) is 4.79 Å². The van der Waals surface area contributed by atoms with Crippen molar-refractivity contribution >= 4 is 6.03 Å². The molecular weight excluding hydrogens is 320 g/mol. The van der Waals surface area contributed by atoms with E-state index in [1.54, 1.807) is 7.11 Å². The van der Waals surface area contributed by atoms with E-state index in [4.69, 9.17) is 9.26 Å². The van der Waals surface area contributed by atoms with Crippen LogP contribution in [0.2, 0.25) is 0 Å². The van der Waals surface area contributed by atoms with Gasteiger partial charge in [-0.2, -0.15) is 4.98 Å². The monoisotopic (exact) mass is 344 g/mol.